The van der Waals surface area contributed by atoms with E-state index in [-0.39, 0.29) is 24.4 Å². The van der Waals surface area contributed by atoms with Crippen LogP contribution < -0.4 is 5.32 Å². The topological polar surface area (TPSA) is 61.8 Å². The molecule has 1 saturated heterocycles. The number of nitrogens with one attached hydrogen (secondary N) is 1. The molecule has 1 atom stereocenters. The van der Waals surface area contributed by atoms with Gasteiger partial charge in [0, 0.05) is 33.1 Å². The summed E-state index contributed by atoms with van der Waals surface area (Å²) < 4.78 is 18.4. The number of carbonyl (C=O) groups is 1. The Kier molecular flexibility index (Phi) is 5.06. The molecule has 132 valence electrons. The number of ether oxygens (including phenoxy) is 1. The Labute approximate surface area is 141 Å². The van der Waals surface area contributed by atoms with Crippen molar-refractivity contribution in [3.8, 4) is 0 Å². The summed E-state index contributed by atoms with van der Waals surface area (Å²) in [4.78, 5) is 14.1. The molecule has 2 aliphatic rings. The number of nitrogens with zero attached hydrogens (tertiary/aromatic N) is 1. The fourth-order valence-electron chi connectivity index (χ4n) is 3.24. The maximum Gasteiger partial charge on any atom is 0.317 e. The normalized spacial score (nSPS) is 21.1. The number of halogens is 1. The minimum Gasteiger partial charge on any atom is -0.388 e. The fourth-order valence-corrected chi connectivity index (χ4v) is 3.24. The summed E-state index contributed by atoms with van der Waals surface area (Å²) in [5, 5.41) is 13.6. The van der Waals surface area contributed by atoms with Crippen LogP contribution in [-0.2, 0) is 4.74 Å². The Morgan fingerprint density at radius 2 is 2.00 bits per heavy atom. The van der Waals surface area contributed by atoms with Crippen molar-refractivity contribution >= 4 is 6.03 Å². The lowest BCUT2D eigenvalue weighted by atomic mass is 9.94. The largest absolute Gasteiger partial charge is 0.388 e. The average molecular weight is 336 g/mol. The van der Waals surface area contributed by atoms with Crippen molar-refractivity contribution in [3.63, 3.8) is 0 Å². The highest BCUT2D eigenvalue weighted by atomic mass is 19.1. The van der Waals surface area contributed by atoms with E-state index in [1.807, 2.05) is 0 Å². The number of amides is 2. The van der Waals surface area contributed by atoms with Crippen LogP contribution in [0.1, 0.15) is 37.3 Å². The number of hydrogen-bond acceptors (Lipinski definition) is 3. The quantitative estimate of drug-likeness (QED) is 0.868. The second-order valence-corrected chi connectivity index (χ2v) is 7.01. The highest BCUT2D eigenvalue weighted by Gasteiger charge is 2.36. The van der Waals surface area contributed by atoms with Crippen molar-refractivity contribution in [2.75, 3.05) is 26.8 Å². The smallest absolute Gasteiger partial charge is 0.317 e. The second kappa shape index (κ2) is 7.07. The first-order valence-electron chi connectivity index (χ1n) is 8.54. The van der Waals surface area contributed by atoms with Gasteiger partial charge in [-0.25, -0.2) is 9.18 Å². The minimum atomic E-state index is -0.880. The summed E-state index contributed by atoms with van der Waals surface area (Å²) in [5.41, 5.74) is 0.0420. The third-order valence-corrected chi connectivity index (χ3v) is 4.90. The van der Waals surface area contributed by atoms with Gasteiger partial charge in [0.05, 0.1) is 18.2 Å². The average Bonchev–Trinajstić information content (AvgIpc) is 3.38. The maximum atomic E-state index is 13.1. The molecule has 2 fully saturated rings. The highest BCUT2D eigenvalue weighted by molar-refractivity contribution is 5.74. The summed E-state index contributed by atoms with van der Waals surface area (Å²) in [6.45, 7) is 1.32. The Morgan fingerprint density at radius 1 is 1.38 bits per heavy atom. The third-order valence-electron chi connectivity index (χ3n) is 4.90. The van der Waals surface area contributed by atoms with Crippen molar-refractivity contribution in [2.45, 2.75) is 37.3 Å². The van der Waals surface area contributed by atoms with Gasteiger partial charge in [-0.2, -0.15) is 0 Å². The van der Waals surface area contributed by atoms with Crippen LogP contribution in [0.15, 0.2) is 24.3 Å². The number of aliphatic hydroxyl groups is 1. The lowest BCUT2D eigenvalue weighted by Gasteiger charge is -2.36. The van der Waals surface area contributed by atoms with Gasteiger partial charge in [0.15, 0.2) is 0 Å². The van der Waals surface area contributed by atoms with Crippen LogP contribution >= 0.6 is 0 Å². The van der Waals surface area contributed by atoms with Gasteiger partial charge < -0.3 is 20.1 Å². The van der Waals surface area contributed by atoms with E-state index in [0.717, 1.165) is 18.4 Å². The molecule has 6 heteroatoms. The summed E-state index contributed by atoms with van der Waals surface area (Å²) in [6.07, 6.45) is 3.20. The number of hydrogen-bond donors (Lipinski definition) is 2. The van der Waals surface area contributed by atoms with Crippen molar-refractivity contribution < 1.29 is 19.0 Å². The number of likely N-dealkylation sites (N-methyl/N-ethyl adjacent to an activating group) is 1. The summed E-state index contributed by atoms with van der Waals surface area (Å²) >= 11 is 0. The van der Waals surface area contributed by atoms with Crippen LogP contribution in [0.4, 0.5) is 9.18 Å². The van der Waals surface area contributed by atoms with Gasteiger partial charge >= 0.3 is 6.03 Å². The molecular formula is C18H25FN2O3. The molecule has 1 aliphatic heterocycles. The second-order valence-electron chi connectivity index (χ2n) is 7.01. The van der Waals surface area contributed by atoms with E-state index in [4.69, 9.17) is 4.74 Å². The molecule has 0 unspecified atom stereocenters. The Balaban J connectivity index is 1.61. The van der Waals surface area contributed by atoms with E-state index < -0.39 is 5.60 Å². The predicted octanol–water partition coefficient (Wildman–Crippen LogP) is 2.46. The molecule has 1 heterocycles. The molecule has 2 amide bonds. The van der Waals surface area contributed by atoms with E-state index in [2.05, 4.69) is 5.32 Å². The van der Waals surface area contributed by atoms with E-state index in [1.54, 1.807) is 19.2 Å². The number of benzene rings is 1. The van der Waals surface area contributed by atoms with Crippen LogP contribution in [0.5, 0.6) is 0 Å². The standard InChI is InChI=1S/C18H25FN2O3/c1-21(12-18(23)8-10-24-11-9-18)17(22)20-16(13-2-3-13)14-4-6-15(19)7-5-14/h4-7,13,16,23H,2-3,8-12H2,1H3,(H,20,22)/t16-/m1/s1. The van der Waals surface area contributed by atoms with Gasteiger partial charge in [-0.1, -0.05) is 12.1 Å². The van der Waals surface area contributed by atoms with Gasteiger partial charge in [-0.15, -0.1) is 0 Å². The predicted molar refractivity (Wildman–Crippen MR) is 88.0 cm³/mol. The van der Waals surface area contributed by atoms with Gasteiger partial charge in [0.25, 0.3) is 0 Å². The van der Waals surface area contributed by atoms with Crippen molar-refractivity contribution in [2.24, 2.45) is 5.92 Å². The van der Waals surface area contributed by atoms with Gasteiger partial charge in [0.2, 0.25) is 0 Å². The van der Waals surface area contributed by atoms with E-state index >= 15 is 0 Å². The zero-order valence-corrected chi connectivity index (χ0v) is 14.0. The summed E-state index contributed by atoms with van der Waals surface area (Å²) in [7, 11) is 1.69. The molecule has 24 heavy (non-hydrogen) atoms. The molecule has 5 nitrogen and oxygen atoms in total. The van der Waals surface area contributed by atoms with Crippen molar-refractivity contribution in [1.82, 2.24) is 10.2 Å². The zero-order valence-electron chi connectivity index (χ0n) is 14.0. The molecule has 1 saturated carbocycles. The highest BCUT2D eigenvalue weighted by Crippen LogP contribution is 2.41. The van der Waals surface area contributed by atoms with Gasteiger partial charge in [0.1, 0.15) is 5.82 Å². The van der Waals surface area contributed by atoms with Crippen LogP contribution in [0.3, 0.4) is 0 Å². The Hall–Kier alpha value is -1.66. The molecule has 3 rings (SSSR count). The first kappa shape index (κ1) is 17.2. The zero-order chi connectivity index (χ0) is 17.2. The lowest BCUT2D eigenvalue weighted by molar-refractivity contribution is -0.0723. The molecule has 0 bridgehead atoms. The van der Waals surface area contributed by atoms with Crippen LogP contribution in [0.25, 0.3) is 0 Å². The number of urea groups is 1. The van der Waals surface area contributed by atoms with Gasteiger partial charge in [-0.3, -0.25) is 0 Å². The van der Waals surface area contributed by atoms with Crippen molar-refractivity contribution in [1.29, 1.82) is 0 Å². The molecule has 1 aliphatic carbocycles. The fraction of sp³-hybridized carbons (Fsp3) is 0.611. The third kappa shape index (κ3) is 4.24. The molecule has 2 N–H and O–H groups in total. The monoisotopic (exact) mass is 336 g/mol. The van der Waals surface area contributed by atoms with E-state index in [9.17, 15) is 14.3 Å². The Bertz CT molecular complexity index is 568. The van der Waals surface area contributed by atoms with Crippen molar-refractivity contribution in [3.05, 3.63) is 35.6 Å². The summed E-state index contributed by atoms with van der Waals surface area (Å²) in [5.74, 6) is 0.123. The summed E-state index contributed by atoms with van der Waals surface area (Å²) in [6, 6.07) is 5.98. The molecule has 0 radical (unpaired) electrons. The Morgan fingerprint density at radius 3 is 2.58 bits per heavy atom. The van der Waals surface area contributed by atoms with Crippen LogP contribution in [0.2, 0.25) is 0 Å². The first-order valence-corrected chi connectivity index (χ1v) is 8.54. The molecule has 1 aromatic carbocycles. The van der Waals surface area contributed by atoms with Gasteiger partial charge in [-0.05, 0) is 36.5 Å². The molecule has 1 aromatic rings. The molecule has 0 spiro atoms. The number of carbonyl (C=O) groups excluding carboxylic acids is 1. The number of rotatable bonds is 5. The van der Waals surface area contributed by atoms with Crippen LogP contribution in [-0.4, -0.2) is 48.4 Å². The molecule has 0 aromatic heterocycles. The SMILES string of the molecule is CN(CC1(O)CCOCC1)C(=O)N[C@@H](c1ccc(F)cc1)C1CC1. The lowest BCUT2D eigenvalue weighted by Crippen LogP contribution is -2.50. The maximum absolute atomic E-state index is 13.1. The van der Waals surface area contributed by atoms with E-state index in [1.165, 1.54) is 17.0 Å². The van der Waals surface area contributed by atoms with Crippen LogP contribution in [0, 0.1) is 11.7 Å². The van der Waals surface area contributed by atoms with E-state index in [0.29, 0.717) is 32.0 Å². The molecular weight excluding hydrogens is 311 g/mol. The first-order chi connectivity index (χ1) is 11.5. The minimum absolute atomic E-state index is 0.107.